The third-order valence-corrected chi connectivity index (χ3v) is 1.52. The van der Waals surface area contributed by atoms with Gasteiger partial charge in [-0.05, 0) is 32.5 Å². The molecule has 0 rings (SSSR count). The number of hydrogen-bond acceptors (Lipinski definition) is 2. The molecule has 3 heteroatoms. The molecule has 0 fully saturated rings. The van der Waals surface area contributed by atoms with E-state index in [2.05, 4.69) is 0 Å². The zero-order chi connectivity index (χ0) is 7.71. The zero-order valence-corrected chi connectivity index (χ0v) is 6.55. The minimum absolute atomic E-state index is 0.309. The molecule has 0 radical (unpaired) electrons. The molecule has 0 atom stereocenters. The van der Waals surface area contributed by atoms with Crippen molar-refractivity contribution in [2.75, 3.05) is 6.54 Å². The molecule has 0 aromatic rings. The molecule has 2 N–H and O–H groups in total. The second-order valence-corrected chi connectivity index (χ2v) is 3.22. The predicted molar refractivity (Wildman–Crippen MR) is 34.1 cm³/mol. The number of hydrogen-bond donors (Lipinski definition) is 2. The molecule has 0 unspecified atom stereocenters. The van der Waals surface area contributed by atoms with Crippen LogP contribution in [-0.2, 0) is 0 Å². The van der Waals surface area contributed by atoms with Crippen molar-refractivity contribution in [3.63, 3.8) is 0 Å². The summed E-state index contributed by atoms with van der Waals surface area (Å²) in [6, 6.07) is 0. The molecule has 0 aliphatic heterocycles. The average Bonchev–Trinajstić information content (AvgIpc) is 1.64. The predicted octanol–water partition coefficient (Wildman–Crippen LogP) is 1.40. The third-order valence-electron chi connectivity index (χ3n) is 1.52. The summed E-state index contributed by atoms with van der Waals surface area (Å²) in [5, 5.41) is 18.3. The molecular weight excluding hydrogens is 118 g/mol. The van der Waals surface area contributed by atoms with Crippen LogP contribution in [0.4, 0.5) is 0 Å². The van der Waals surface area contributed by atoms with E-state index in [1.807, 2.05) is 0 Å². The van der Waals surface area contributed by atoms with Crippen molar-refractivity contribution in [3.8, 4) is 0 Å². The van der Waals surface area contributed by atoms with Gasteiger partial charge in [-0.25, -0.2) is 0 Å². The van der Waals surface area contributed by atoms with Gasteiger partial charge in [-0.15, -0.1) is 0 Å². The molecule has 0 aliphatic carbocycles. The molecule has 9 heavy (non-hydrogen) atoms. The topological polar surface area (TPSA) is 40.5 Å². The van der Waals surface area contributed by atoms with Crippen molar-refractivity contribution in [3.05, 3.63) is 0 Å². The Kier molecular flexibility index (Phi) is 2.22. The number of hydroxylamine groups is 4. The first-order valence-electron chi connectivity index (χ1n) is 3.15. The minimum Gasteiger partial charge on any atom is -0.182 e. The summed E-state index contributed by atoms with van der Waals surface area (Å²) in [4.78, 5) is -0.910. The molecule has 0 aromatic carbocycles. The second kappa shape index (κ2) is 2.25. The first-order chi connectivity index (χ1) is 3.81. The van der Waals surface area contributed by atoms with Gasteiger partial charge in [-0.3, -0.25) is 0 Å². The highest BCUT2D eigenvalue weighted by Gasteiger charge is 2.37. The van der Waals surface area contributed by atoms with Crippen LogP contribution in [0, 0.1) is 0 Å². The molecule has 0 saturated carbocycles. The van der Waals surface area contributed by atoms with Gasteiger partial charge in [0.2, 0.25) is 0 Å². The van der Waals surface area contributed by atoms with Gasteiger partial charge in [0.05, 0.1) is 0 Å². The maximum Gasteiger partial charge on any atom is 0.153 e. The molecule has 56 valence electrons. The lowest BCUT2D eigenvalue weighted by molar-refractivity contribution is -1.27. The largest absolute Gasteiger partial charge is 0.182 e. The van der Waals surface area contributed by atoms with Gasteiger partial charge in [0, 0.05) is 0 Å². The van der Waals surface area contributed by atoms with E-state index >= 15 is 0 Å². The smallest absolute Gasteiger partial charge is 0.153 e. The Morgan fingerprint density at radius 3 is 1.56 bits per heavy atom. The van der Waals surface area contributed by atoms with E-state index in [-0.39, 0.29) is 0 Å². The summed E-state index contributed by atoms with van der Waals surface area (Å²) >= 11 is 0. The molecule has 3 nitrogen and oxygen atoms in total. The first-order valence-corrected chi connectivity index (χ1v) is 3.15. The summed E-state index contributed by atoms with van der Waals surface area (Å²) in [6.45, 7) is 7.36. The van der Waals surface area contributed by atoms with E-state index in [9.17, 15) is 0 Å². The van der Waals surface area contributed by atoms with Gasteiger partial charge in [0.25, 0.3) is 0 Å². The highest BCUT2D eigenvalue weighted by molar-refractivity contribution is 4.54. The summed E-state index contributed by atoms with van der Waals surface area (Å²) in [5.41, 5.74) is -0.505. The Balaban J connectivity index is 4.14. The van der Waals surface area contributed by atoms with Crippen LogP contribution in [-0.4, -0.2) is 27.3 Å². The first kappa shape index (κ1) is 8.88. The second-order valence-electron chi connectivity index (χ2n) is 3.22. The van der Waals surface area contributed by atoms with Crippen LogP contribution in [0.25, 0.3) is 0 Å². The summed E-state index contributed by atoms with van der Waals surface area (Å²) in [7, 11) is 0. The lowest BCUT2D eigenvalue weighted by Gasteiger charge is -2.32. The standard InChI is InChI=1S/C6H16NO2/c1-5-7(8,9)6(2,3)4/h8-9H,5H2,1-4H3/q+1. The van der Waals surface area contributed by atoms with Gasteiger partial charge >= 0.3 is 0 Å². The molecule has 0 bridgehead atoms. The molecular formula is C6H16NO2+. The highest BCUT2D eigenvalue weighted by Crippen LogP contribution is 2.16. The van der Waals surface area contributed by atoms with Crippen molar-refractivity contribution in [2.24, 2.45) is 0 Å². The van der Waals surface area contributed by atoms with Crippen molar-refractivity contribution in [1.29, 1.82) is 0 Å². The van der Waals surface area contributed by atoms with Crippen LogP contribution in [0.1, 0.15) is 27.7 Å². The molecule has 0 amide bonds. The fourth-order valence-corrected chi connectivity index (χ4v) is 0.474. The van der Waals surface area contributed by atoms with E-state index in [0.717, 1.165) is 0 Å². The normalized spacial score (nSPS) is 14.0. The Morgan fingerprint density at radius 2 is 1.56 bits per heavy atom. The lowest BCUT2D eigenvalue weighted by Crippen LogP contribution is -2.55. The van der Waals surface area contributed by atoms with Crippen LogP contribution >= 0.6 is 0 Å². The van der Waals surface area contributed by atoms with Crippen LogP contribution in [0.15, 0.2) is 0 Å². The van der Waals surface area contributed by atoms with Gasteiger partial charge in [0.1, 0.15) is 6.54 Å². The Morgan fingerprint density at radius 1 is 1.22 bits per heavy atom. The number of quaternary nitrogens is 1. The van der Waals surface area contributed by atoms with E-state index in [4.69, 9.17) is 10.4 Å². The van der Waals surface area contributed by atoms with E-state index in [1.54, 1.807) is 27.7 Å². The number of nitrogens with zero attached hydrogens (tertiary/aromatic N) is 1. The van der Waals surface area contributed by atoms with Gasteiger partial charge < -0.3 is 0 Å². The maximum atomic E-state index is 9.15. The Bertz CT molecular complexity index is 93.7. The zero-order valence-electron chi connectivity index (χ0n) is 6.55. The molecule has 0 saturated heterocycles. The van der Waals surface area contributed by atoms with Crippen LogP contribution in [0.3, 0.4) is 0 Å². The van der Waals surface area contributed by atoms with Crippen LogP contribution in [0.2, 0.25) is 0 Å². The van der Waals surface area contributed by atoms with Crippen molar-refractivity contribution in [2.45, 2.75) is 33.2 Å². The molecule has 0 aliphatic rings. The fraction of sp³-hybridized carbons (Fsp3) is 1.00. The lowest BCUT2D eigenvalue weighted by atomic mass is 10.1. The van der Waals surface area contributed by atoms with E-state index in [1.165, 1.54) is 0 Å². The molecule has 0 heterocycles. The third kappa shape index (κ3) is 1.93. The maximum absolute atomic E-state index is 9.15. The summed E-state index contributed by atoms with van der Waals surface area (Å²) in [5.74, 6) is 0. The fourth-order valence-electron chi connectivity index (χ4n) is 0.474. The van der Waals surface area contributed by atoms with E-state index < -0.39 is 10.3 Å². The van der Waals surface area contributed by atoms with Crippen molar-refractivity contribution in [1.82, 2.24) is 0 Å². The van der Waals surface area contributed by atoms with Gasteiger partial charge in [-0.2, -0.15) is 10.4 Å². The van der Waals surface area contributed by atoms with Crippen molar-refractivity contribution >= 4 is 0 Å². The molecule has 0 spiro atoms. The monoisotopic (exact) mass is 134 g/mol. The van der Waals surface area contributed by atoms with E-state index in [0.29, 0.717) is 6.54 Å². The van der Waals surface area contributed by atoms with Crippen molar-refractivity contribution < 1.29 is 15.2 Å². The minimum atomic E-state index is -0.910. The molecule has 0 aromatic heterocycles. The highest BCUT2D eigenvalue weighted by atomic mass is 16.8. The van der Waals surface area contributed by atoms with Gasteiger partial charge in [0.15, 0.2) is 5.54 Å². The summed E-state index contributed by atoms with van der Waals surface area (Å²) < 4.78 is 0. The Hall–Kier alpha value is -0.120. The quantitative estimate of drug-likeness (QED) is 0.420. The number of rotatable bonds is 1. The SMILES string of the molecule is CC[N+](O)(O)C(C)(C)C. The average molecular weight is 134 g/mol. The van der Waals surface area contributed by atoms with Crippen LogP contribution < -0.4 is 0 Å². The summed E-state index contributed by atoms with van der Waals surface area (Å²) in [6.07, 6.45) is 0. The van der Waals surface area contributed by atoms with Crippen LogP contribution in [0.5, 0.6) is 0 Å². The van der Waals surface area contributed by atoms with Gasteiger partial charge in [-0.1, -0.05) is 0 Å². The Labute approximate surface area is 56.0 Å².